The zero-order valence-electron chi connectivity index (χ0n) is 8.17. The Hall–Kier alpha value is -1.57. The van der Waals surface area contributed by atoms with Gasteiger partial charge in [0.2, 0.25) is 5.91 Å². The number of amides is 1. The predicted octanol–water partition coefficient (Wildman–Crippen LogP) is 0.0247. The van der Waals surface area contributed by atoms with Gasteiger partial charge in [0.25, 0.3) is 0 Å². The highest BCUT2D eigenvalue weighted by molar-refractivity contribution is 5.92. The van der Waals surface area contributed by atoms with Crippen molar-refractivity contribution in [3.8, 4) is 0 Å². The number of hydrogen-bond donors (Lipinski definition) is 3. The van der Waals surface area contributed by atoms with Crippen LogP contribution in [0.15, 0.2) is 11.6 Å². The third-order valence-corrected chi connectivity index (χ3v) is 1.59. The predicted molar refractivity (Wildman–Crippen MR) is 48.5 cm³/mol. The zero-order chi connectivity index (χ0) is 12.8. The molecule has 5 nitrogen and oxygen atoms in total. The maximum absolute atomic E-state index is 10.6. The number of carboxylic acids is 1. The number of alkyl halides is 3. The molecule has 1 aliphatic heterocycles. The number of carbonyl (C=O) groups is 2. The van der Waals surface area contributed by atoms with E-state index in [1.165, 1.54) is 0 Å². The van der Waals surface area contributed by atoms with E-state index in [1.807, 2.05) is 6.08 Å². The van der Waals surface area contributed by atoms with Crippen molar-refractivity contribution in [2.75, 3.05) is 13.1 Å². The molecule has 1 heterocycles. The fraction of sp³-hybridized carbons (Fsp3) is 0.500. The summed E-state index contributed by atoms with van der Waals surface area (Å²) in [7, 11) is 0. The average Bonchev–Trinajstić information content (AvgIpc) is 2.18. The van der Waals surface area contributed by atoms with Crippen molar-refractivity contribution < 1.29 is 27.9 Å². The molecule has 1 aliphatic rings. The standard InChI is InChI=1S/C6H10N2O.C2HF3O2/c7-6(9)5-2-1-3-8-4-5;3-2(4,5)1(6)7/h2,8H,1,3-4H2,(H2,7,9);(H,6,7). The van der Waals surface area contributed by atoms with Gasteiger partial charge in [0.05, 0.1) is 0 Å². The molecule has 4 N–H and O–H groups in total. The van der Waals surface area contributed by atoms with Gasteiger partial charge in [-0.3, -0.25) is 4.79 Å². The number of aliphatic carboxylic acids is 1. The van der Waals surface area contributed by atoms with Gasteiger partial charge in [-0.2, -0.15) is 13.2 Å². The van der Waals surface area contributed by atoms with E-state index < -0.39 is 12.1 Å². The number of halogens is 3. The van der Waals surface area contributed by atoms with Crippen molar-refractivity contribution >= 4 is 11.9 Å². The molecule has 0 bridgehead atoms. The Kier molecular flexibility index (Phi) is 5.51. The molecule has 0 radical (unpaired) electrons. The van der Waals surface area contributed by atoms with Crippen molar-refractivity contribution in [1.29, 1.82) is 0 Å². The lowest BCUT2D eigenvalue weighted by Crippen LogP contribution is -2.29. The summed E-state index contributed by atoms with van der Waals surface area (Å²) in [6, 6.07) is 0. The highest BCUT2D eigenvalue weighted by Gasteiger charge is 2.38. The molecule has 0 spiro atoms. The van der Waals surface area contributed by atoms with Gasteiger partial charge in [-0.05, 0) is 13.0 Å². The van der Waals surface area contributed by atoms with Crippen LogP contribution in [0.1, 0.15) is 6.42 Å². The highest BCUT2D eigenvalue weighted by Crippen LogP contribution is 2.13. The lowest BCUT2D eigenvalue weighted by molar-refractivity contribution is -0.192. The fourth-order valence-electron chi connectivity index (χ4n) is 0.831. The van der Waals surface area contributed by atoms with E-state index in [0.717, 1.165) is 13.0 Å². The normalized spacial score (nSPS) is 15.6. The number of nitrogens with one attached hydrogen (secondary N) is 1. The summed E-state index contributed by atoms with van der Waals surface area (Å²) in [5, 5.41) is 10.2. The van der Waals surface area contributed by atoms with Crippen LogP contribution in [0.2, 0.25) is 0 Å². The second-order valence-corrected chi connectivity index (χ2v) is 2.86. The van der Waals surface area contributed by atoms with E-state index >= 15 is 0 Å². The number of carboxylic acid groups (broad SMARTS) is 1. The van der Waals surface area contributed by atoms with E-state index in [4.69, 9.17) is 15.6 Å². The molecule has 0 saturated heterocycles. The molecule has 92 valence electrons. The summed E-state index contributed by atoms with van der Waals surface area (Å²) in [4.78, 5) is 19.4. The fourth-order valence-corrected chi connectivity index (χ4v) is 0.831. The van der Waals surface area contributed by atoms with Gasteiger partial charge in [0.15, 0.2) is 0 Å². The number of carbonyl (C=O) groups excluding carboxylic acids is 1. The molecule has 1 rings (SSSR count). The molecule has 0 fully saturated rings. The van der Waals surface area contributed by atoms with Crippen LogP contribution in [-0.2, 0) is 9.59 Å². The molecule has 16 heavy (non-hydrogen) atoms. The molecule has 0 aromatic carbocycles. The van der Waals surface area contributed by atoms with Crippen LogP contribution in [-0.4, -0.2) is 36.2 Å². The van der Waals surface area contributed by atoms with Gasteiger partial charge < -0.3 is 16.2 Å². The summed E-state index contributed by atoms with van der Waals surface area (Å²) >= 11 is 0. The lowest BCUT2D eigenvalue weighted by Gasteiger charge is -2.09. The minimum atomic E-state index is -5.08. The summed E-state index contributed by atoms with van der Waals surface area (Å²) < 4.78 is 31.7. The van der Waals surface area contributed by atoms with Crippen molar-refractivity contribution in [1.82, 2.24) is 5.32 Å². The third-order valence-electron chi connectivity index (χ3n) is 1.59. The Morgan fingerprint density at radius 1 is 1.44 bits per heavy atom. The summed E-state index contributed by atoms with van der Waals surface area (Å²) in [5.74, 6) is -3.06. The van der Waals surface area contributed by atoms with Crippen LogP contribution in [0.3, 0.4) is 0 Å². The van der Waals surface area contributed by atoms with Crippen LogP contribution in [0, 0.1) is 0 Å². The Labute approximate surface area is 89.1 Å². The molecule has 8 heteroatoms. The number of primary amides is 1. The van der Waals surface area contributed by atoms with Crippen LogP contribution in [0.4, 0.5) is 13.2 Å². The second kappa shape index (κ2) is 6.11. The van der Waals surface area contributed by atoms with Gasteiger partial charge in [-0.1, -0.05) is 6.08 Å². The molecular formula is C8H11F3N2O3. The van der Waals surface area contributed by atoms with Gasteiger partial charge in [0.1, 0.15) is 0 Å². The third kappa shape index (κ3) is 6.02. The van der Waals surface area contributed by atoms with E-state index in [9.17, 15) is 18.0 Å². The molecule has 1 amide bonds. The zero-order valence-corrected chi connectivity index (χ0v) is 8.17. The molecular weight excluding hydrogens is 229 g/mol. The maximum atomic E-state index is 10.6. The number of rotatable bonds is 1. The van der Waals surface area contributed by atoms with Gasteiger partial charge in [-0.25, -0.2) is 4.79 Å². The van der Waals surface area contributed by atoms with Gasteiger partial charge in [0, 0.05) is 12.1 Å². The molecule has 0 atom stereocenters. The van der Waals surface area contributed by atoms with Crippen LogP contribution in [0.25, 0.3) is 0 Å². The first-order chi connectivity index (χ1) is 7.25. The largest absolute Gasteiger partial charge is 0.490 e. The van der Waals surface area contributed by atoms with Crippen molar-refractivity contribution in [2.24, 2.45) is 5.73 Å². The van der Waals surface area contributed by atoms with Gasteiger partial charge in [-0.15, -0.1) is 0 Å². The molecule has 0 saturated carbocycles. The van der Waals surface area contributed by atoms with E-state index in [0.29, 0.717) is 12.1 Å². The maximum Gasteiger partial charge on any atom is 0.490 e. The molecule has 0 aromatic heterocycles. The first-order valence-corrected chi connectivity index (χ1v) is 4.25. The first kappa shape index (κ1) is 14.4. The lowest BCUT2D eigenvalue weighted by atomic mass is 10.1. The Morgan fingerprint density at radius 3 is 2.12 bits per heavy atom. The van der Waals surface area contributed by atoms with Crippen LogP contribution in [0.5, 0.6) is 0 Å². The Balaban J connectivity index is 0.000000293. The van der Waals surface area contributed by atoms with Crippen LogP contribution < -0.4 is 11.1 Å². The average molecular weight is 240 g/mol. The molecule has 0 unspecified atom stereocenters. The highest BCUT2D eigenvalue weighted by atomic mass is 19.4. The summed E-state index contributed by atoms with van der Waals surface area (Å²) in [6.07, 6.45) is -2.28. The smallest absolute Gasteiger partial charge is 0.475 e. The minimum absolute atomic E-state index is 0.304. The quantitative estimate of drug-likeness (QED) is 0.602. The molecule has 0 aromatic rings. The monoisotopic (exact) mass is 240 g/mol. The van der Waals surface area contributed by atoms with Crippen molar-refractivity contribution in [3.05, 3.63) is 11.6 Å². The topological polar surface area (TPSA) is 92.4 Å². The Morgan fingerprint density at radius 2 is 1.94 bits per heavy atom. The molecule has 0 aliphatic carbocycles. The van der Waals surface area contributed by atoms with Gasteiger partial charge >= 0.3 is 12.1 Å². The van der Waals surface area contributed by atoms with Crippen molar-refractivity contribution in [3.63, 3.8) is 0 Å². The Bertz CT molecular complexity index is 299. The number of nitrogens with two attached hydrogens (primary N) is 1. The van der Waals surface area contributed by atoms with E-state index in [-0.39, 0.29) is 5.91 Å². The van der Waals surface area contributed by atoms with Crippen LogP contribution >= 0.6 is 0 Å². The van der Waals surface area contributed by atoms with E-state index in [2.05, 4.69) is 5.32 Å². The SMILES string of the molecule is NC(=O)C1=CCCNC1.O=C(O)C(F)(F)F. The summed E-state index contributed by atoms with van der Waals surface area (Å²) in [5.41, 5.74) is 5.73. The second-order valence-electron chi connectivity index (χ2n) is 2.86. The number of hydrogen-bond acceptors (Lipinski definition) is 3. The van der Waals surface area contributed by atoms with Crippen molar-refractivity contribution in [2.45, 2.75) is 12.6 Å². The minimum Gasteiger partial charge on any atom is -0.475 e. The first-order valence-electron chi connectivity index (χ1n) is 4.25. The summed E-state index contributed by atoms with van der Waals surface area (Å²) in [6.45, 7) is 1.59. The van der Waals surface area contributed by atoms with E-state index in [1.54, 1.807) is 0 Å².